The summed E-state index contributed by atoms with van der Waals surface area (Å²) in [4.78, 5) is 0. The normalized spacial score (nSPS) is 18.9. The second-order valence-electron chi connectivity index (χ2n) is 4.41. The van der Waals surface area contributed by atoms with E-state index < -0.39 is 0 Å². The van der Waals surface area contributed by atoms with Crippen molar-refractivity contribution in [2.75, 3.05) is 27.4 Å². The smallest absolute Gasteiger partial charge is 0.127 e. The lowest BCUT2D eigenvalue weighted by molar-refractivity contribution is 0.110. The fraction of sp³-hybridized carbons (Fsp3) is 0.571. The van der Waals surface area contributed by atoms with Crippen molar-refractivity contribution >= 4 is 0 Å². The van der Waals surface area contributed by atoms with Crippen molar-refractivity contribution in [2.24, 2.45) is 0 Å². The molecule has 0 aromatic heterocycles. The highest BCUT2D eigenvalue weighted by Crippen LogP contribution is 2.27. The average molecular weight is 251 g/mol. The van der Waals surface area contributed by atoms with Gasteiger partial charge in [0, 0.05) is 25.3 Å². The predicted molar refractivity (Wildman–Crippen MR) is 70.2 cm³/mol. The monoisotopic (exact) mass is 251 g/mol. The van der Waals surface area contributed by atoms with Gasteiger partial charge in [-0.15, -0.1) is 0 Å². The molecule has 0 saturated carbocycles. The summed E-state index contributed by atoms with van der Waals surface area (Å²) in [5, 5.41) is 3.41. The molecule has 1 aliphatic heterocycles. The highest BCUT2D eigenvalue weighted by atomic mass is 16.5. The van der Waals surface area contributed by atoms with Crippen LogP contribution in [0.1, 0.15) is 18.4 Å². The van der Waals surface area contributed by atoms with Crippen molar-refractivity contribution in [3.63, 3.8) is 0 Å². The topological polar surface area (TPSA) is 39.7 Å². The third-order valence-corrected chi connectivity index (χ3v) is 3.23. The van der Waals surface area contributed by atoms with Crippen LogP contribution < -0.4 is 14.8 Å². The van der Waals surface area contributed by atoms with Crippen molar-refractivity contribution in [2.45, 2.75) is 25.5 Å². The van der Waals surface area contributed by atoms with E-state index >= 15 is 0 Å². The van der Waals surface area contributed by atoms with E-state index in [4.69, 9.17) is 14.2 Å². The first-order valence-corrected chi connectivity index (χ1v) is 6.37. The van der Waals surface area contributed by atoms with Crippen LogP contribution in [0.15, 0.2) is 18.2 Å². The number of rotatable bonds is 6. The molecular weight excluding hydrogens is 230 g/mol. The number of hydrogen-bond acceptors (Lipinski definition) is 4. The summed E-state index contributed by atoms with van der Waals surface area (Å²) in [6.07, 6.45) is 2.67. The Labute approximate surface area is 108 Å². The molecule has 1 unspecified atom stereocenters. The average Bonchev–Trinajstić information content (AvgIpc) is 2.92. The van der Waals surface area contributed by atoms with Crippen molar-refractivity contribution in [1.82, 2.24) is 5.32 Å². The lowest BCUT2D eigenvalue weighted by atomic mass is 10.1. The van der Waals surface area contributed by atoms with Gasteiger partial charge in [0.15, 0.2) is 0 Å². The van der Waals surface area contributed by atoms with Gasteiger partial charge in [0.05, 0.1) is 20.3 Å². The van der Waals surface area contributed by atoms with Crippen LogP contribution in [-0.2, 0) is 11.3 Å². The summed E-state index contributed by atoms with van der Waals surface area (Å²) in [5.41, 5.74) is 1.06. The molecular formula is C14H21NO3. The molecule has 100 valence electrons. The van der Waals surface area contributed by atoms with Gasteiger partial charge in [-0.05, 0) is 25.0 Å². The third kappa shape index (κ3) is 3.15. The summed E-state index contributed by atoms with van der Waals surface area (Å²) in [6, 6.07) is 5.83. The number of methoxy groups -OCH3 is 2. The van der Waals surface area contributed by atoms with Gasteiger partial charge in [0.1, 0.15) is 11.5 Å². The molecule has 1 fully saturated rings. The van der Waals surface area contributed by atoms with Crippen LogP contribution >= 0.6 is 0 Å². The minimum atomic E-state index is 0.353. The number of ether oxygens (including phenoxy) is 3. The van der Waals surface area contributed by atoms with Gasteiger partial charge >= 0.3 is 0 Å². The van der Waals surface area contributed by atoms with Crippen LogP contribution in [0.25, 0.3) is 0 Å². The van der Waals surface area contributed by atoms with Gasteiger partial charge in [-0.1, -0.05) is 6.07 Å². The van der Waals surface area contributed by atoms with E-state index in [1.54, 1.807) is 14.2 Å². The third-order valence-electron chi connectivity index (χ3n) is 3.23. The summed E-state index contributed by atoms with van der Waals surface area (Å²) in [6.45, 7) is 2.50. The molecule has 1 aromatic carbocycles. The summed E-state index contributed by atoms with van der Waals surface area (Å²) >= 11 is 0. The fourth-order valence-electron chi connectivity index (χ4n) is 2.27. The molecule has 4 heteroatoms. The lowest BCUT2D eigenvalue weighted by Gasteiger charge is -2.15. The minimum absolute atomic E-state index is 0.353. The molecule has 18 heavy (non-hydrogen) atoms. The highest BCUT2D eigenvalue weighted by Gasteiger charge is 2.15. The van der Waals surface area contributed by atoms with E-state index in [0.717, 1.165) is 43.2 Å². The van der Waals surface area contributed by atoms with E-state index in [1.807, 2.05) is 18.2 Å². The standard InChI is InChI=1S/C14H21NO3/c1-16-13-6-3-7-14(17-2)12(13)10-15-9-11-5-4-8-18-11/h3,6-7,11,15H,4-5,8-10H2,1-2H3. The summed E-state index contributed by atoms with van der Waals surface area (Å²) in [7, 11) is 3.36. The maximum Gasteiger partial charge on any atom is 0.127 e. The second kappa shape index (κ2) is 6.61. The lowest BCUT2D eigenvalue weighted by Crippen LogP contribution is -2.26. The molecule has 0 amide bonds. The molecule has 1 heterocycles. The predicted octanol–water partition coefficient (Wildman–Crippen LogP) is 1.97. The van der Waals surface area contributed by atoms with E-state index in [9.17, 15) is 0 Å². The highest BCUT2D eigenvalue weighted by molar-refractivity contribution is 5.44. The molecule has 0 radical (unpaired) electrons. The van der Waals surface area contributed by atoms with Gasteiger partial charge in [0.2, 0.25) is 0 Å². The van der Waals surface area contributed by atoms with Crippen LogP contribution in [0.5, 0.6) is 11.5 Å². The molecule has 0 aliphatic carbocycles. The maximum absolute atomic E-state index is 5.58. The Morgan fingerprint density at radius 2 is 2.00 bits per heavy atom. The molecule has 1 aromatic rings. The Hall–Kier alpha value is -1.26. The fourth-order valence-corrected chi connectivity index (χ4v) is 2.27. The first-order chi connectivity index (χ1) is 8.85. The van der Waals surface area contributed by atoms with Gasteiger partial charge < -0.3 is 19.5 Å². The molecule has 0 spiro atoms. The number of hydrogen-bond donors (Lipinski definition) is 1. The zero-order valence-electron chi connectivity index (χ0n) is 11.1. The van der Waals surface area contributed by atoms with Crippen LogP contribution in [0.3, 0.4) is 0 Å². The zero-order chi connectivity index (χ0) is 12.8. The molecule has 1 atom stereocenters. The van der Waals surface area contributed by atoms with E-state index in [-0.39, 0.29) is 0 Å². The SMILES string of the molecule is COc1cccc(OC)c1CNCC1CCCO1. The summed E-state index contributed by atoms with van der Waals surface area (Å²) in [5.74, 6) is 1.71. The van der Waals surface area contributed by atoms with E-state index in [2.05, 4.69) is 5.32 Å². The molecule has 2 rings (SSSR count). The van der Waals surface area contributed by atoms with Gasteiger partial charge in [0.25, 0.3) is 0 Å². The Balaban J connectivity index is 1.94. The molecule has 1 saturated heterocycles. The van der Waals surface area contributed by atoms with Gasteiger partial charge in [-0.25, -0.2) is 0 Å². The molecule has 1 N–H and O–H groups in total. The summed E-state index contributed by atoms with van der Waals surface area (Å²) < 4.78 is 16.3. The van der Waals surface area contributed by atoms with Crippen molar-refractivity contribution in [3.8, 4) is 11.5 Å². The van der Waals surface area contributed by atoms with Gasteiger partial charge in [-0.2, -0.15) is 0 Å². The van der Waals surface area contributed by atoms with Crippen molar-refractivity contribution < 1.29 is 14.2 Å². The first-order valence-electron chi connectivity index (χ1n) is 6.37. The van der Waals surface area contributed by atoms with Crippen LogP contribution in [0.2, 0.25) is 0 Å². The Morgan fingerprint density at radius 1 is 1.28 bits per heavy atom. The van der Waals surface area contributed by atoms with Gasteiger partial charge in [-0.3, -0.25) is 0 Å². The van der Waals surface area contributed by atoms with E-state index in [0.29, 0.717) is 6.10 Å². The maximum atomic E-state index is 5.58. The largest absolute Gasteiger partial charge is 0.496 e. The number of benzene rings is 1. The molecule has 0 bridgehead atoms. The molecule has 1 aliphatic rings. The van der Waals surface area contributed by atoms with Crippen molar-refractivity contribution in [1.29, 1.82) is 0 Å². The minimum Gasteiger partial charge on any atom is -0.496 e. The zero-order valence-corrected chi connectivity index (χ0v) is 11.1. The first kappa shape index (κ1) is 13.2. The Morgan fingerprint density at radius 3 is 2.56 bits per heavy atom. The Bertz CT molecular complexity index is 353. The van der Waals surface area contributed by atoms with Crippen LogP contribution in [-0.4, -0.2) is 33.5 Å². The Kier molecular flexibility index (Phi) is 4.84. The second-order valence-corrected chi connectivity index (χ2v) is 4.41. The number of nitrogens with one attached hydrogen (secondary N) is 1. The quantitative estimate of drug-likeness (QED) is 0.839. The van der Waals surface area contributed by atoms with E-state index in [1.165, 1.54) is 6.42 Å². The van der Waals surface area contributed by atoms with Crippen molar-refractivity contribution in [3.05, 3.63) is 23.8 Å². The molecule has 4 nitrogen and oxygen atoms in total. The van der Waals surface area contributed by atoms with Crippen LogP contribution in [0.4, 0.5) is 0 Å². The van der Waals surface area contributed by atoms with Crippen LogP contribution in [0, 0.1) is 0 Å².